The van der Waals surface area contributed by atoms with Gasteiger partial charge in [0.15, 0.2) is 0 Å². The number of halogens is 1. The Morgan fingerprint density at radius 2 is 2.00 bits per heavy atom. The Morgan fingerprint density at radius 1 is 1.40 bits per heavy atom. The molecule has 1 fully saturated rings. The number of likely N-dealkylation sites (tertiary alicyclic amines) is 1. The van der Waals surface area contributed by atoms with Gasteiger partial charge in [-0.25, -0.2) is 4.39 Å². The molecule has 1 saturated heterocycles. The molecule has 2 nitrogen and oxygen atoms in total. The van der Waals surface area contributed by atoms with Gasteiger partial charge in [-0.2, -0.15) is 0 Å². The third kappa shape index (κ3) is 1.47. The summed E-state index contributed by atoms with van der Waals surface area (Å²) in [5.41, 5.74) is 0. The van der Waals surface area contributed by atoms with Crippen LogP contribution in [0.2, 0.25) is 0 Å². The lowest BCUT2D eigenvalue weighted by Gasteiger charge is -2.19. The summed E-state index contributed by atoms with van der Waals surface area (Å²) >= 11 is 0. The molecule has 0 aromatic carbocycles. The van der Waals surface area contributed by atoms with Crippen molar-refractivity contribution >= 4 is 0 Å². The monoisotopic (exact) mass is 146 g/mol. The Balaban J connectivity index is 2.46. The minimum absolute atomic E-state index is 0.102. The van der Waals surface area contributed by atoms with Crippen molar-refractivity contribution in [3.8, 4) is 0 Å². The number of alkyl halides is 1. The highest BCUT2D eigenvalue weighted by Gasteiger charge is 2.31. The fourth-order valence-electron chi connectivity index (χ4n) is 1.41. The van der Waals surface area contributed by atoms with Crippen LogP contribution in [-0.4, -0.2) is 56.2 Å². The van der Waals surface area contributed by atoms with Crippen LogP contribution in [0.5, 0.6) is 0 Å². The minimum Gasteiger partial charge on any atom is -0.302 e. The number of nitrogens with zero attached hydrogens (tertiary/aromatic N) is 2. The second-order valence-electron chi connectivity index (χ2n) is 3.27. The average Bonchev–Trinajstić information content (AvgIpc) is 2.10. The van der Waals surface area contributed by atoms with Crippen molar-refractivity contribution in [2.75, 3.05) is 34.2 Å². The lowest BCUT2D eigenvalue weighted by Crippen LogP contribution is -2.35. The summed E-state index contributed by atoms with van der Waals surface area (Å²) in [5, 5.41) is 0. The van der Waals surface area contributed by atoms with E-state index < -0.39 is 6.17 Å². The molecule has 2 atom stereocenters. The first-order chi connectivity index (χ1) is 4.61. The molecule has 0 bridgehead atoms. The Morgan fingerprint density at radius 3 is 2.20 bits per heavy atom. The van der Waals surface area contributed by atoms with Crippen molar-refractivity contribution < 1.29 is 4.39 Å². The van der Waals surface area contributed by atoms with Crippen LogP contribution >= 0.6 is 0 Å². The van der Waals surface area contributed by atoms with E-state index in [1.165, 1.54) is 0 Å². The first kappa shape index (κ1) is 7.95. The second kappa shape index (κ2) is 2.84. The summed E-state index contributed by atoms with van der Waals surface area (Å²) in [7, 11) is 5.81. The van der Waals surface area contributed by atoms with Gasteiger partial charge in [-0.3, -0.25) is 0 Å². The molecule has 10 heavy (non-hydrogen) atoms. The SMILES string of the molecule is CN1CC(N(C)C)[C@H](F)C1. The van der Waals surface area contributed by atoms with Gasteiger partial charge in [-0.15, -0.1) is 0 Å². The highest BCUT2D eigenvalue weighted by atomic mass is 19.1. The summed E-state index contributed by atoms with van der Waals surface area (Å²) in [6, 6.07) is 0.102. The number of hydrogen-bond donors (Lipinski definition) is 0. The Labute approximate surface area is 61.6 Å². The molecular formula is C7H15FN2. The van der Waals surface area contributed by atoms with E-state index in [4.69, 9.17) is 0 Å². The van der Waals surface area contributed by atoms with Gasteiger partial charge in [0.25, 0.3) is 0 Å². The van der Waals surface area contributed by atoms with Crippen LogP contribution in [0, 0.1) is 0 Å². The lowest BCUT2D eigenvalue weighted by molar-refractivity contribution is 0.202. The first-order valence-electron chi connectivity index (χ1n) is 3.60. The Kier molecular flexibility index (Phi) is 2.26. The van der Waals surface area contributed by atoms with Crippen LogP contribution in [0.4, 0.5) is 4.39 Å². The molecule has 0 radical (unpaired) electrons. The standard InChI is InChI=1S/C7H15FN2/c1-9(2)7-5-10(3)4-6(7)8/h6-7H,4-5H2,1-3H3/t6-,7?/m1/s1. The van der Waals surface area contributed by atoms with E-state index in [1.54, 1.807) is 0 Å². The number of likely N-dealkylation sites (N-methyl/N-ethyl adjacent to an activating group) is 2. The molecule has 0 aliphatic carbocycles. The zero-order valence-electron chi connectivity index (χ0n) is 6.84. The van der Waals surface area contributed by atoms with Gasteiger partial charge < -0.3 is 9.80 Å². The van der Waals surface area contributed by atoms with Gasteiger partial charge >= 0.3 is 0 Å². The molecule has 0 saturated carbocycles. The fraction of sp³-hybridized carbons (Fsp3) is 1.00. The van der Waals surface area contributed by atoms with E-state index >= 15 is 0 Å². The number of rotatable bonds is 1. The largest absolute Gasteiger partial charge is 0.302 e. The second-order valence-corrected chi connectivity index (χ2v) is 3.27. The molecule has 1 aliphatic rings. The molecule has 0 spiro atoms. The minimum atomic E-state index is -0.667. The molecule has 1 unspecified atom stereocenters. The van der Waals surface area contributed by atoms with Crippen LogP contribution in [0.15, 0.2) is 0 Å². The molecule has 0 aromatic heterocycles. The molecule has 1 aliphatic heterocycles. The highest BCUT2D eigenvalue weighted by Crippen LogP contribution is 2.14. The van der Waals surface area contributed by atoms with Crippen molar-refractivity contribution in [2.45, 2.75) is 12.2 Å². The van der Waals surface area contributed by atoms with E-state index in [1.807, 2.05) is 30.9 Å². The van der Waals surface area contributed by atoms with E-state index in [2.05, 4.69) is 0 Å². The lowest BCUT2D eigenvalue weighted by atomic mass is 10.2. The fourth-order valence-corrected chi connectivity index (χ4v) is 1.41. The summed E-state index contributed by atoms with van der Waals surface area (Å²) in [6.45, 7) is 1.44. The van der Waals surface area contributed by atoms with Crippen molar-refractivity contribution in [1.82, 2.24) is 9.80 Å². The zero-order valence-corrected chi connectivity index (χ0v) is 6.84. The molecule has 60 valence electrons. The number of hydrogen-bond acceptors (Lipinski definition) is 2. The smallest absolute Gasteiger partial charge is 0.129 e. The summed E-state index contributed by atoms with van der Waals surface area (Å²) < 4.78 is 13.0. The molecule has 0 aromatic rings. The van der Waals surface area contributed by atoms with E-state index in [-0.39, 0.29) is 6.04 Å². The molecular weight excluding hydrogens is 131 g/mol. The van der Waals surface area contributed by atoms with Gasteiger partial charge in [0.05, 0.1) is 6.04 Å². The Hall–Kier alpha value is -0.150. The molecule has 0 N–H and O–H groups in total. The van der Waals surface area contributed by atoms with Crippen LogP contribution in [0.25, 0.3) is 0 Å². The van der Waals surface area contributed by atoms with Crippen molar-refractivity contribution in [1.29, 1.82) is 0 Å². The van der Waals surface area contributed by atoms with Gasteiger partial charge in [0.2, 0.25) is 0 Å². The first-order valence-corrected chi connectivity index (χ1v) is 3.60. The summed E-state index contributed by atoms with van der Waals surface area (Å²) in [5.74, 6) is 0. The van der Waals surface area contributed by atoms with Gasteiger partial charge in [0, 0.05) is 13.1 Å². The topological polar surface area (TPSA) is 6.48 Å². The third-order valence-electron chi connectivity index (χ3n) is 2.07. The van der Waals surface area contributed by atoms with Crippen LogP contribution in [0.1, 0.15) is 0 Å². The van der Waals surface area contributed by atoms with Crippen molar-refractivity contribution in [3.63, 3.8) is 0 Å². The zero-order chi connectivity index (χ0) is 7.72. The molecule has 3 heteroatoms. The molecule has 0 amide bonds. The quantitative estimate of drug-likeness (QED) is 0.521. The van der Waals surface area contributed by atoms with E-state index in [0.29, 0.717) is 6.54 Å². The molecule has 1 rings (SSSR count). The van der Waals surface area contributed by atoms with Gasteiger partial charge in [0.1, 0.15) is 6.17 Å². The van der Waals surface area contributed by atoms with Crippen molar-refractivity contribution in [3.05, 3.63) is 0 Å². The van der Waals surface area contributed by atoms with Gasteiger partial charge in [-0.05, 0) is 21.1 Å². The van der Waals surface area contributed by atoms with Gasteiger partial charge in [-0.1, -0.05) is 0 Å². The normalized spacial score (nSPS) is 35.7. The summed E-state index contributed by atoms with van der Waals surface area (Å²) in [6.07, 6.45) is -0.667. The van der Waals surface area contributed by atoms with Crippen molar-refractivity contribution in [2.24, 2.45) is 0 Å². The van der Waals surface area contributed by atoms with E-state index in [0.717, 1.165) is 6.54 Å². The molecule has 1 heterocycles. The Bertz CT molecular complexity index is 116. The predicted molar refractivity (Wildman–Crippen MR) is 39.9 cm³/mol. The highest BCUT2D eigenvalue weighted by molar-refractivity contribution is 4.87. The van der Waals surface area contributed by atoms with E-state index in [9.17, 15) is 4.39 Å². The van der Waals surface area contributed by atoms with Crippen LogP contribution in [0.3, 0.4) is 0 Å². The third-order valence-corrected chi connectivity index (χ3v) is 2.07. The maximum Gasteiger partial charge on any atom is 0.129 e. The van der Waals surface area contributed by atoms with Crippen LogP contribution < -0.4 is 0 Å². The average molecular weight is 146 g/mol. The predicted octanol–water partition coefficient (Wildman–Crippen LogP) is 0.200. The van der Waals surface area contributed by atoms with Crippen LogP contribution in [-0.2, 0) is 0 Å². The summed E-state index contributed by atoms with van der Waals surface area (Å²) in [4.78, 5) is 3.98. The maximum atomic E-state index is 13.0. The maximum absolute atomic E-state index is 13.0.